The van der Waals surface area contributed by atoms with E-state index in [9.17, 15) is 0 Å². The van der Waals surface area contributed by atoms with Gasteiger partial charge >= 0.3 is 0 Å². The standard InChI is InChI=1S/C16H20ClNS/c1-4-9-18-16(13-8-10-19-12(13)3)14-7-5-6-11(2)15(14)17/h5-8,10,16,18H,4,9H2,1-3H3. The van der Waals surface area contributed by atoms with Crippen molar-refractivity contribution in [2.24, 2.45) is 0 Å². The molecular weight excluding hydrogens is 274 g/mol. The Morgan fingerprint density at radius 1 is 1.21 bits per heavy atom. The Morgan fingerprint density at radius 2 is 2.00 bits per heavy atom. The fraction of sp³-hybridized carbons (Fsp3) is 0.375. The van der Waals surface area contributed by atoms with Crippen LogP contribution in [0, 0.1) is 13.8 Å². The maximum absolute atomic E-state index is 6.50. The highest BCUT2D eigenvalue weighted by Gasteiger charge is 2.19. The van der Waals surface area contributed by atoms with Crippen LogP contribution in [0.5, 0.6) is 0 Å². The minimum absolute atomic E-state index is 0.193. The molecule has 2 aromatic rings. The Kier molecular flexibility index (Phi) is 5.03. The molecule has 0 amide bonds. The van der Waals surface area contributed by atoms with Crippen molar-refractivity contribution in [1.82, 2.24) is 5.32 Å². The van der Waals surface area contributed by atoms with E-state index in [4.69, 9.17) is 11.6 Å². The molecule has 0 saturated carbocycles. The maximum Gasteiger partial charge on any atom is 0.0602 e. The molecule has 3 heteroatoms. The molecule has 0 saturated heterocycles. The van der Waals surface area contributed by atoms with Crippen molar-refractivity contribution >= 4 is 22.9 Å². The normalized spacial score (nSPS) is 12.6. The zero-order chi connectivity index (χ0) is 13.8. The lowest BCUT2D eigenvalue weighted by molar-refractivity contribution is 0.598. The van der Waals surface area contributed by atoms with Gasteiger partial charge in [-0.1, -0.05) is 36.7 Å². The third kappa shape index (κ3) is 3.19. The molecule has 102 valence electrons. The van der Waals surface area contributed by atoms with Gasteiger partial charge in [-0.2, -0.15) is 0 Å². The number of nitrogens with one attached hydrogen (secondary N) is 1. The second-order valence-corrected chi connectivity index (χ2v) is 6.30. The molecule has 1 atom stereocenters. The van der Waals surface area contributed by atoms with E-state index in [2.05, 4.69) is 55.7 Å². The zero-order valence-electron chi connectivity index (χ0n) is 11.7. The molecule has 1 aromatic carbocycles. The van der Waals surface area contributed by atoms with E-state index < -0.39 is 0 Å². The summed E-state index contributed by atoms with van der Waals surface area (Å²) in [7, 11) is 0. The SMILES string of the molecule is CCCNC(c1ccsc1C)c1cccc(C)c1Cl. The summed E-state index contributed by atoms with van der Waals surface area (Å²) < 4.78 is 0. The third-order valence-corrected chi connectivity index (χ3v) is 4.72. The fourth-order valence-electron chi connectivity index (χ4n) is 2.26. The minimum Gasteiger partial charge on any atom is -0.306 e. The predicted molar refractivity (Wildman–Crippen MR) is 85.4 cm³/mol. The molecule has 0 spiro atoms. The quantitative estimate of drug-likeness (QED) is 0.808. The first-order chi connectivity index (χ1) is 9.15. The van der Waals surface area contributed by atoms with Gasteiger partial charge in [0.05, 0.1) is 6.04 Å². The molecule has 0 aliphatic carbocycles. The fourth-order valence-corrected chi connectivity index (χ4v) is 3.24. The maximum atomic E-state index is 6.50. The van der Waals surface area contributed by atoms with Gasteiger partial charge in [0.1, 0.15) is 0 Å². The van der Waals surface area contributed by atoms with Crippen molar-refractivity contribution in [3.8, 4) is 0 Å². The van der Waals surface area contributed by atoms with E-state index in [0.29, 0.717) is 0 Å². The van der Waals surface area contributed by atoms with Crippen LogP contribution in [0.15, 0.2) is 29.6 Å². The van der Waals surface area contributed by atoms with Crippen LogP contribution in [-0.4, -0.2) is 6.54 Å². The molecular formula is C16H20ClNS. The third-order valence-electron chi connectivity index (χ3n) is 3.34. The number of benzene rings is 1. The number of rotatable bonds is 5. The van der Waals surface area contributed by atoms with Crippen LogP contribution >= 0.6 is 22.9 Å². The highest BCUT2D eigenvalue weighted by atomic mass is 35.5. The van der Waals surface area contributed by atoms with Crippen LogP contribution in [0.2, 0.25) is 5.02 Å². The summed E-state index contributed by atoms with van der Waals surface area (Å²) in [5, 5.41) is 6.64. The second-order valence-electron chi connectivity index (χ2n) is 4.80. The average Bonchev–Trinajstić information content (AvgIpc) is 2.81. The van der Waals surface area contributed by atoms with Crippen LogP contribution in [0.25, 0.3) is 0 Å². The highest BCUT2D eigenvalue weighted by Crippen LogP contribution is 2.33. The summed E-state index contributed by atoms with van der Waals surface area (Å²) in [6.07, 6.45) is 1.11. The monoisotopic (exact) mass is 293 g/mol. The first-order valence-corrected chi connectivity index (χ1v) is 7.93. The van der Waals surface area contributed by atoms with Crippen molar-refractivity contribution < 1.29 is 0 Å². The molecule has 1 heterocycles. The second kappa shape index (κ2) is 6.56. The lowest BCUT2D eigenvalue weighted by Gasteiger charge is -2.21. The first kappa shape index (κ1) is 14.6. The van der Waals surface area contributed by atoms with Crippen molar-refractivity contribution in [3.63, 3.8) is 0 Å². The van der Waals surface area contributed by atoms with Gasteiger partial charge in [-0.3, -0.25) is 0 Å². The van der Waals surface area contributed by atoms with Crippen molar-refractivity contribution in [3.05, 3.63) is 56.2 Å². The average molecular weight is 294 g/mol. The summed E-state index contributed by atoms with van der Waals surface area (Å²) in [6, 6.07) is 8.66. The summed E-state index contributed by atoms with van der Waals surface area (Å²) >= 11 is 8.29. The zero-order valence-corrected chi connectivity index (χ0v) is 13.2. The van der Waals surface area contributed by atoms with Crippen LogP contribution in [0.1, 0.15) is 41.0 Å². The van der Waals surface area contributed by atoms with E-state index in [1.54, 1.807) is 11.3 Å². The molecule has 0 fully saturated rings. The molecule has 1 unspecified atom stereocenters. The van der Waals surface area contributed by atoms with Crippen molar-refractivity contribution in [2.45, 2.75) is 33.2 Å². The Hall–Kier alpha value is -0.830. The van der Waals surface area contributed by atoms with E-state index in [1.807, 2.05) is 0 Å². The lowest BCUT2D eigenvalue weighted by atomic mass is 9.97. The van der Waals surface area contributed by atoms with E-state index >= 15 is 0 Å². The Bertz CT molecular complexity index is 547. The molecule has 0 aliphatic rings. The summed E-state index contributed by atoms with van der Waals surface area (Å²) in [6.45, 7) is 7.40. The van der Waals surface area contributed by atoms with Gasteiger partial charge in [0.15, 0.2) is 0 Å². The molecule has 0 bridgehead atoms. The van der Waals surface area contributed by atoms with Crippen LogP contribution in [-0.2, 0) is 0 Å². The summed E-state index contributed by atoms with van der Waals surface area (Å²) in [5.74, 6) is 0. The Morgan fingerprint density at radius 3 is 2.63 bits per heavy atom. The minimum atomic E-state index is 0.193. The Labute approximate surface area is 124 Å². The van der Waals surface area contributed by atoms with E-state index in [0.717, 1.165) is 23.6 Å². The first-order valence-electron chi connectivity index (χ1n) is 6.67. The van der Waals surface area contributed by atoms with Crippen molar-refractivity contribution in [2.75, 3.05) is 6.54 Å². The number of aryl methyl sites for hydroxylation is 2. The molecule has 0 aliphatic heterocycles. The molecule has 1 aromatic heterocycles. The molecule has 2 rings (SSSR count). The molecule has 1 N–H and O–H groups in total. The molecule has 0 radical (unpaired) electrons. The van der Waals surface area contributed by atoms with Gasteiger partial charge in [-0.15, -0.1) is 11.3 Å². The topological polar surface area (TPSA) is 12.0 Å². The highest BCUT2D eigenvalue weighted by molar-refractivity contribution is 7.10. The van der Waals surface area contributed by atoms with Gasteiger partial charge in [-0.25, -0.2) is 0 Å². The van der Waals surface area contributed by atoms with Crippen LogP contribution in [0.4, 0.5) is 0 Å². The smallest absolute Gasteiger partial charge is 0.0602 e. The summed E-state index contributed by atoms with van der Waals surface area (Å²) in [5.41, 5.74) is 3.65. The Balaban J connectivity index is 2.43. The number of halogens is 1. The molecule has 19 heavy (non-hydrogen) atoms. The largest absolute Gasteiger partial charge is 0.306 e. The van der Waals surface area contributed by atoms with E-state index in [-0.39, 0.29) is 6.04 Å². The lowest BCUT2D eigenvalue weighted by Crippen LogP contribution is -2.23. The van der Waals surface area contributed by atoms with Crippen LogP contribution < -0.4 is 5.32 Å². The number of hydrogen-bond donors (Lipinski definition) is 1. The summed E-state index contributed by atoms with van der Waals surface area (Å²) in [4.78, 5) is 1.35. The van der Waals surface area contributed by atoms with Crippen molar-refractivity contribution in [1.29, 1.82) is 0 Å². The number of hydrogen-bond acceptors (Lipinski definition) is 2. The molecule has 1 nitrogen and oxygen atoms in total. The predicted octanol–water partition coefficient (Wildman–Crippen LogP) is 5.11. The van der Waals surface area contributed by atoms with Crippen LogP contribution in [0.3, 0.4) is 0 Å². The van der Waals surface area contributed by atoms with Gasteiger partial charge in [-0.05, 0) is 54.9 Å². The van der Waals surface area contributed by atoms with E-state index in [1.165, 1.54) is 16.0 Å². The number of thiophene rings is 1. The van der Waals surface area contributed by atoms with Gasteiger partial charge in [0, 0.05) is 9.90 Å². The van der Waals surface area contributed by atoms with Gasteiger partial charge < -0.3 is 5.32 Å². The van der Waals surface area contributed by atoms with Gasteiger partial charge in [0.2, 0.25) is 0 Å². The van der Waals surface area contributed by atoms with Gasteiger partial charge in [0.25, 0.3) is 0 Å².